The maximum Gasteiger partial charge on any atom is 0.412 e. The summed E-state index contributed by atoms with van der Waals surface area (Å²) in [6.45, 7) is 11.0. The summed E-state index contributed by atoms with van der Waals surface area (Å²) in [7, 11) is 3.69. The molecule has 3 aromatic carbocycles. The number of hydrogen-bond donors (Lipinski definition) is 3. The topological polar surface area (TPSA) is 120 Å². The Labute approximate surface area is 269 Å². The molecule has 0 bridgehead atoms. The van der Waals surface area contributed by atoms with E-state index in [4.69, 9.17) is 9.47 Å². The van der Waals surface area contributed by atoms with Gasteiger partial charge in [0.2, 0.25) is 0 Å². The molecule has 0 spiro atoms. The number of methoxy groups -OCH3 is 1. The van der Waals surface area contributed by atoms with Gasteiger partial charge in [-0.05, 0) is 58.2 Å². The molecule has 0 atom stereocenters. The summed E-state index contributed by atoms with van der Waals surface area (Å²) < 4.78 is 11.8. The number of nitrogens with zero attached hydrogens (tertiary/aromatic N) is 4. The van der Waals surface area contributed by atoms with Crippen LogP contribution in [0.25, 0.3) is 10.8 Å². The van der Waals surface area contributed by atoms with Crippen molar-refractivity contribution < 1.29 is 24.2 Å². The predicted octanol–water partition coefficient (Wildman–Crippen LogP) is 6.04. The molecule has 11 nitrogen and oxygen atoms in total. The van der Waals surface area contributed by atoms with Crippen molar-refractivity contribution in [3.63, 3.8) is 0 Å². The van der Waals surface area contributed by atoms with Gasteiger partial charge >= 0.3 is 6.09 Å². The van der Waals surface area contributed by atoms with Crippen molar-refractivity contribution in [2.45, 2.75) is 26.3 Å². The first-order valence-electron chi connectivity index (χ1n) is 15.4. The molecule has 2 amide bonds. The van der Waals surface area contributed by atoms with Crippen molar-refractivity contribution in [3.05, 3.63) is 78.5 Å². The first-order chi connectivity index (χ1) is 22.0. The van der Waals surface area contributed by atoms with Crippen LogP contribution in [0.4, 0.5) is 22.0 Å². The van der Waals surface area contributed by atoms with Gasteiger partial charge in [0.25, 0.3) is 5.91 Å². The van der Waals surface area contributed by atoms with Gasteiger partial charge in [-0.15, -0.1) is 0 Å². The number of likely N-dealkylation sites (N-methyl/N-ethyl adjacent to an activating group) is 1. The fourth-order valence-corrected chi connectivity index (χ4v) is 5.53. The van der Waals surface area contributed by atoms with Crippen molar-refractivity contribution in [1.82, 2.24) is 20.1 Å². The average molecular weight is 627 g/mol. The molecule has 1 aromatic heterocycles. The number of pyridine rings is 1. The summed E-state index contributed by atoms with van der Waals surface area (Å²) in [5.41, 5.74) is 1.05. The quantitative estimate of drug-likeness (QED) is 0.194. The number of benzene rings is 3. The highest BCUT2D eigenvalue weighted by Gasteiger charge is 2.29. The third kappa shape index (κ3) is 7.85. The van der Waals surface area contributed by atoms with Crippen LogP contribution in [0.3, 0.4) is 0 Å². The van der Waals surface area contributed by atoms with E-state index in [-0.39, 0.29) is 5.91 Å². The Morgan fingerprint density at radius 1 is 0.957 bits per heavy atom. The van der Waals surface area contributed by atoms with E-state index in [9.17, 15) is 14.7 Å². The van der Waals surface area contributed by atoms with E-state index in [0.29, 0.717) is 46.5 Å². The number of anilines is 3. The van der Waals surface area contributed by atoms with Gasteiger partial charge in [-0.3, -0.25) is 14.6 Å². The molecule has 3 N–H and O–H groups in total. The molecular weight excluding hydrogens is 584 g/mol. The molecule has 1 aliphatic heterocycles. The Morgan fingerprint density at radius 2 is 1.70 bits per heavy atom. The fraction of sp³-hybridized carbons (Fsp3) is 0.343. The molecule has 0 aliphatic carbocycles. The Morgan fingerprint density at radius 3 is 2.39 bits per heavy atom. The number of rotatable bonds is 10. The zero-order chi connectivity index (χ0) is 32.8. The van der Waals surface area contributed by atoms with Gasteiger partial charge in [0.05, 0.1) is 12.8 Å². The monoisotopic (exact) mass is 626 g/mol. The number of carbonyl (C=O) groups is 2. The summed E-state index contributed by atoms with van der Waals surface area (Å²) in [4.78, 5) is 35.7. The lowest BCUT2D eigenvalue weighted by Gasteiger charge is -2.34. The van der Waals surface area contributed by atoms with Crippen molar-refractivity contribution in [2.75, 3.05) is 63.6 Å². The van der Waals surface area contributed by atoms with Crippen molar-refractivity contribution in [2.24, 2.45) is 0 Å². The molecule has 0 unspecified atom stereocenters. The third-order valence-corrected chi connectivity index (χ3v) is 7.91. The highest BCUT2D eigenvalue weighted by atomic mass is 16.5. The third-order valence-electron chi connectivity index (χ3n) is 7.91. The van der Waals surface area contributed by atoms with Crippen LogP contribution in [0.2, 0.25) is 0 Å². The molecule has 0 saturated carbocycles. The van der Waals surface area contributed by atoms with Gasteiger partial charge in [-0.25, -0.2) is 9.78 Å². The van der Waals surface area contributed by atoms with Crippen LogP contribution < -0.4 is 25.0 Å². The van der Waals surface area contributed by atoms with E-state index >= 15 is 0 Å². The number of fused-ring (bicyclic) bond motifs is 1. The lowest BCUT2D eigenvalue weighted by atomic mass is 10.0. The van der Waals surface area contributed by atoms with E-state index in [1.54, 1.807) is 55.8 Å². The largest absolute Gasteiger partial charge is 0.497 e. The summed E-state index contributed by atoms with van der Waals surface area (Å²) in [6.07, 6.45) is 0.603. The van der Waals surface area contributed by atoms with Gasteiger partial charge in [-0.1, -0.05) is 24.3 Å². The number of piperazine rings is 1. The number of amides is 2. The minimum atomic E-state index is -1.03. The minimum Gasteiger partial charge on any atom is -0.497 e. The van der Waals surface area contributed by atoms with Crippen LogP contribution in [-0.4, -0.2) is 90.9 Å². The van der Waals surface area contributed by atoms with E-state index in [1.807, 2.05) is 45.0 Å². The van der Waals surface area contributed by atoms with Crippen LogP contribution >= 0.6 is 0 Å². The molecule has 2 heterocycles. The second kappa shape index (κ2) is 14.1. The second-order valence-corrected chi connectivity index (χ2v) is 12.4. The number of carbonyl (C=O) groups excluding carboxylic acids is 1. The first-order valence-corrected chi connectivity index (χ1v) is 15.4. The normalized spacial score (nSPS) is 14.1. The summed E-state index contributed by atoms with van der Waals surface area (Å²) in [5.74, 6) is 1.99. The maximum absolute atomic E-state index is 13.0. The molecule has 46 heavy (non-hydrogen) atoms. The van der Waals surface area contributed by atoms with Gasteiger partial charge < -0.3 is 30.1 Å². The van der Waals surface area contributed by atoms with Crippen LogP contribution in [0.15, 0.2) is 72.9 Å². The Hall–Kier alpha value is -4.87. The number of ether oxygens (including phenoxy) is 2. The van der Waals surface area contributed by atoms with E-state index < -0.39 is 11.6 Å². The highest BCUT2D eigenvalue weighted by Crippen LogP contribution is 2.38. The minimum absolute atomic E-state index is 0.177. The molecule has 0 radical (unpaired) electrons. The van der Waals surface area contributed by atoms with E-state index in [0.717, 1.165) is 43.5 Å². The van der Waals surface area contributed by atoms with Gasteiger partial charge in [0.15, 0.2) is 0 Å². The summed E-state index contributed by atoms with van der Waals surface area (Å²) in [6, 6.07) is 19.9. The highest BCUT2D eigenvalue weighted by molar-refractivity contribution is 6.04. The fourth-order valence-electron chi connectivity index (χ4n) is 5.53. The van der Waals surface area contributed by atoms with Crippen LogP contribution in [0.5, 0.6) is 17.2 Å². The predicted molar refractivity (Wildman–Crippen MR) is 181 cm³/mol. The van der Waals surface area contributed by atoms with E-state index in [2.05, 4.69) is 32.5 Å². The first kappa shape index (κ1) is 32.5. The number of nitrogens with one attached hydrogen (secondary N) is 2. The van der Waals surface area contributed by atoms with Crippen LogP contribution in [0, 0.1) is 0 Å². The van der Waals surface area contributed by atoms with Crippen molar-refractivity contribution in [3.8, 4) is 17.2 Å². The van der Waals surface area contributed by atoms with E-state index in [1.165, 1.54) is 4.90 Å². The van der Waals surface area contributed by atoms with Gasteiger partial charge in [0.1, 0.15) is 23.1 Å². The number of aromatic nitrogens is 1. The number of hydrogen-bond acceptors (Lipinski definition) is 8. The zero-order valence-electron chi connectivity index (χ0n) is 27.0. The van der Waals surface area contributed by atoms with Crippen molar-refractivity contribution in [1.29, 1.82) is 0 Å². The van der Waals surface area contributed by atoms with Crippen LogP contribution in [0.1, 0.15) is 31.1 Å². The Balaban J connectivity index is 1.31. The Kier molecular flexibility index (Phi) is 9.93. The molecule has 1 saturated heterocycles. The summed E-state index contributed by atoms with van der Waals surface area (Å²) in [5, 5.41) is 17.8. The lowest BCUT2D eigenvalue weighted by molar-refractivity contribution is 0.0940. The van der Waals surface area contributed by atoms with Crippen molar-refractivity contribution >= 4 is 40.0 Å². The molecule has 5 rings (SSSR count). The molecular formula is C35H42N6O5. The SMILES string of the molecule is COc1cc(Nc2cc(Oc3ccc(N(C(=O)O)C(C)(C)C)c4ccccc34)ccn2)cc(C(=O)NCCN2CCN(C)CC2)c1. The molecule has 4 aromatic rings. The molecule has 11 heteroatoms. The standard InChI is InChI=1S/C35H42N6O5/c1-35(2,3)41(34(43)44)30-10-11-31(29-9-7-6-8-28(29)30)46-26-12-13-36-32(23-26)38-25-20-24(21-27(22-25)45-5)33(42)37-14-15-40-18-16-39(4)17-19-40/h6-13,20-23H,14-19H2,1-5H3,(H,36,38)(H,37,42)(H,43,44). The Bertz CT molecular complexity index is 1700. The van der Waals surface area contributed by atoms with Gasteiger partial charge in [0, 0.05) is 85.2 Å². The molecule has 1 aliphatic rings. The zero-order valence-corrected chi connectivity index (χ0v) is 27.0. The van der Waals surface area contributed by atoms with Gasteiger partial charge in [-0.2, -0.15) is 0 Å². The molecule has 1 fully saturated rings. The summed E-state index contributed by atoms with van der Waals surface area (Å²) >= 11 is 0. The average Bonchev–Trinajstić information content (AvgIpc) is 3.02. The smallest absolute Gasteiger partial charge is 0.412 e. The molecule has 242 valence electrons. The maximum atomic E-state index is 13.0. The van der Waals surface area contributed by atoms with Crippen LogP contribution in [-0.2, 0) is 0 Å². The number of carboxylic acid groups (broad SMARTS) is 1. The second-order valence-electron chi connectivity index (χ2n) is 12.4. The lowest BCUT2D eigenvalue weighted by Crippen LogP contribution is -2.46.